The highest BCUT2D eigenvalue weighted by molar-refractivity contribution is 5.93. The fourth-order valence-corrected chi connectivity index (χ4v) is 1.97. The first-order valence-corrected chi connectivity index (χ1v) is 5.85. The van der Waals surface area contributed by atoms with Crippen LogP contribution < -0.4 is 15.4 Å². The minimum atomic E-state index is -1.09. The number of carboxylic acids is 1. The zero-order chi connectivity index (χ0) is 12.3. The maximum atomic E-state index is 10.7. The molecule has 0 saturated carbocycles. The lowest BCUT2D eigenvalue weighted by molar-refractivity contribution is -0.503. The number of hydrogen-bond acceptors (Lipinski definition) is 2. The molecule has 0 bridgehead atoms. The van der Waals surface area contributed by atoms with Crippen LogP contribution in [-0.2, 0) is 11.2 Å². The van der Waals surface area contributed by atoms with Crippen LogP contribution in [0.4, 0.5) is 5.69 Å². The van der Waals surface area contributed by atoms with Gasteiger partial charge in [0.25, 0.3) is 0 Å². The molecule has 1 atom stereocenters. The number of carboxylic acid groups (broad SMARTS) is 1. The van der Waals surface area contributed by atoms with Gasteiger partial charge in [-0.15, -0.1) is 0 Å². The minimum absolute atomic E-state index is 0.678. The largest absolute Gasteiger partial charge is 0.546 e. The fraction of sp³-hybridized carbons (Fsp3) is 0.385. The molecular formula is C13H16N2O2. The summed E-state index contributed by atoms with van der Waals surface area (Å²) in [5.41, 5.74) is 2.32. The monoisotopic (exact) mass is 232 g/mol. The van der Waals surface area contributed by atoms with Crippen molar-refractivity contribution >= 4 is 17.5 Å². The highest BCUT2D eigenvalue weighted by atomic mass is 16.4. The molecule has 0 unspecified atom stereocenters. The number of amidine groups is 1. The second-order valence-electron chi connectivity index (χ2n) is 4.30. The lowest BCUT2D eigenvalue weighted by Gasteiger charge is -2.07. The van der Waals surface area contributed by atoms with Gasteiger partial charge < -0.3 is 9.90 Å². The fourth-order valence-electron chi connectivity index (χ4n) is 1.97. The van der Waals surface area contributed by atoms with Gasteiger partial charge >= 0.3 is 0 Å². The number of anilines is 1. The molecule has 0 fully saturated rings. The van der Waals surface area contributed by atoms with Crippen LogP contribution in [-0.4, -0.2) is 17.8 Å². The van der Waals surface area contributed by atoms with Gasteiger partial charge in [0.2, 0.25) is 5.84 Å². The molecule has 2 N–H and O–H groups in total. The van der Waals surface area contributed by atoms with Crippen molar-refractivity contribution in [3.63, 3.8) is 0 Å². The number of carbonyl (C=O) groups is 1. The standard InChI is InChI=1S/C13H16N2O2/c1-9(13(16)17)14-12-8-4-6-10-5-2-3-7-11(10)15-12/h2-3,5,7,9H,4,6,8H2,1H3,(H,14,15)(H,16,17)/t9-/m1/s1. The number of carbonyl (C=O) groups excluding carboxylic acids is 1. The number of benzene rings is 1. The summed E-state index contributed by atoms with van der Waals surface area (Å²) >= 11 is 0. The third kappa shape index (κ3) is 2.84. The van der Waals surface area contributed by atoms with Gasteiger partial charge in [-0.1, -0.05) is 18.2 Å². The molecule has 0 saturated heterocycles. The Morgan fingerprint density at radius 3 is 2.94 bits per heavy atom. The predicted octanol–water partition coefficient (Wildman–Crippen LogP) is -0.948. The van der Waals surface area contributed by atoms with Crippen molar-refractivity contribution in [3.05, 3.63) is 29.8 Å². The number of para-hydroxylation sites is 1. The Morgan fingerprint density at radius 1 is 1.41 bits per heavy atom. The van der Waals surface area contributed by atoms with Crippen molar-refractivity contribution in [2.75, 3.05) is 5.32 Å². The summed E-state index contributed by atoms with van der Waals surface area (Å²) in [6.45, 7) is 1.58. The van der Waals surface area contributed by atoms with E-state index in [9.17, 15) is 9.90 Å². The molecular weight excluding hydrogens is 216 g/mol. The van der Waals surface area contributed by atoms with Crippen LogP contribution in [0.3, 0.4) is 0 Å². The van der Waals surface area contributed by atoms with E-state index >= 15 is 0 Å². The summed E-state index contributed by atoms with van der Waals surface area (Å²) in [4.78, 5) is 13.6. The van der Waals surface area contributed by atoms with Gasteiger partial charge in [-0.3, -0.25) is 4.99 Å². The molecule has 4 nitrogen and oxygen atoms in total. The Hall–Kier alpha value is -1.84. The van der Waals surface area contributed by atoms with Crippen LogP contribution in [0.2, 0.25) is 0 Å². The van der Waals surface area contributed by atoms with Gasteiger partial charge in [-0.25, -0.2) is 5.32 Å². The van der Waals surface area contributed by atoms with E-state index in [0.29, 0.717) is 0 Å². The van der Waals surface area contributed by atoms with Crippen molar-refractivity contribution in [1.82, 2.24) is 0 Å². The number of aryl methyl sites for hydroxylation is 1. The zero-order valence-corrected chi connectivity index (χ0v) is 9.82. The molecule has 17 heavy (non-hydrogen) atoms. The van der Waals surface area contributed by atoms with E-state index in [2.05, 4.69) is 16.4 Å². The molecule has 0 amide bonds. The van der Waals surface area contributed by atoms with Gasteiger partial charge in [0, 0.05) is 6.42 Å². The maximum absolute atomic E-state index is 10.7. The smallest absolute Gasteiger partial charge is 0.248 e. The molecule has 0 spiro atoms. The van der Waals surface area contributed by atoms with E-state index in [0.717, 1.165) is 30.8 Å². The second kappa shape index (κ2) is 4.99. The number of fused-ring (bicyclic) bond motifs is 1. The Labute approximate surface area is 100 Å². The van der Waals surface area contributed by atoms with E-state index < -0.39 is 12.0 Å². The summed E-state index contributed by atoms with van der Waals surface area (Å²) in [5, 5.41) is 13.9. The molecule has 2 rings (SSSR count). The van der Waals surface area contributed by atoms with Gasteiger partial charge in [-0.05, 0) is 31.4 Å². The Morgan fingerprint density at radius 2 is 2.18 bits per heavy atom. The van der Waals surface area contributed by atoms with Gasteiger partial charge in [0.15, 0.2) is 0 Å². The average molecular weight is 232 g/mol. The van der Waals surface area contributed by atoms with Gasteiger partial charge in [0.1, 0.15) is 11.7 Å². The van der Waals surface area contributed by atoms with Gasteiger partial charge in [-0.2, -0.15) is 0 Å². The van der Waals surface area contributed by atoms with Crippen LogP contribution in [0.5, 0.6) is 0 Å². The van der Waals surface area contributed by atoms with Crippen molar-refractivity contribution in [2.24, 2.45) is 0 Å². The van der Waals surface area contributed by atoms with Crippen molar-refractivity contribution in [3.8, 4) is 0 Å². The molecule has 1 heterocycles. The zero-order valence-electron chi connectivity index (χ0n) is 9.82. The lowest BCUT2D eigenvalue weighted by atomic mass is 10.1. The molecule has 4 heteroatoms. The number of aliphatic carboxylic acids is 1. The second-order valence-corrected chi connectivity index (χ2v) is 4.30. The van der Waals surface area contributed by atoms with Crippen molar-refractivity contribution in [2.45, 2.75) is 32.2 Å². The molecule has 90 valence electrons. The van der Waals surface area contributed by atoms with Crippen LogP contribution in [0.15, 0.2) is 24.3 Å². The topological polar surface area (TPSA) is 66.1 Å². The molecule has 1 aliphatic heterocycles. The van der Waals surface area contributed by atoms with E-state index in [4.69, 9.17) is 0 Å². The third-order valence-electron chi connectivity index (χ3n) is 2.92. The Balaban J connectivity index is 2.21. The Kier molecular flexibility index (Phi) is 3.42. The van der Waals surface area contributed by atoms with E-state index in [-0.39, 0.29) is 0 Å². The summed E-state index contributed by atoms with van der Waals surface area (Å²) in [6, 6.07) is 7.40. The first-order chi connectivity index (χ1) is 8.16. The normalized spacial score (nSPS) is 19.0. The Bertz CT molecular complexity index is 454. The first-order valence-electron chi connectivity index (χ1n) is 5.85. The van der Waals surface area contributed by atoms with Crippen molar-refractivity contribution in [1.29, 1.82) is 0 Å². The van der Waals surface area contributed by atoms with Crippen LogP contribution in [0.1, 0.15) is 25.3 Å². The maximum Gasteiger partial charge on any atom is 0.248 e. The summed E-state index contributed by atoms with van der Waals surface area (Å²) < 4.78 is 0. The van der Waals surface area contributed by atoms with Crippen LogP contribution >= 0.6 is 0 Å². The number of hydrogen-bond donors (Lipinski definition) is 2. The van der Waals surface area contributed by atoms with Crippen LogP contribution in [0.25, 0.3) is 0 Å². The molecule has 0 radical (unpaired) electrons. The highest BCUT2D eigenvalue weighted by Gasteiger charge is 2.17. The van der Waals surface area contributed by atoms with E-state index in [1.807, 2.05) is 18.2 Å². The molecule has 0 aromatic heterocycles. The summed E-state index contributed by atoms with van der Waals surface area (Å²) in [6.07, 6.45) is 2.84. The molecule has 1 aromatic carbocycles. The molecule has 0 aliphatic carbocycles. The number of rotatable bonds is 2. The lowest BCUT2D eigenvalue weighted by Crippen LogP contribution is -2.83. The third-order valence-corrected chi connectivity index (χ3v) is 2.92. The SMILES string of the molecule is C[C@@H]([NH+]=C1CCCc2ccccc2N1)C(=O)[O-]. The van der Waals surface area contributed by atoms with Gasteiger partial charge in [0.05, 0.1) is 5.97 Å². The highest BCUT2D eigenvalue weighted by Crippen LogP contribution is 2.20. The molecule has 1 aliphatic rings. The summed E-state index contributed by atoms with van der Waals surface area (Å²) in [7, 11) is 0. The van der Waals surface area contributed by atoms with Crippen LogP contribution in [0, 0.1) is 0 Å². The predicted molar refractivity (Wildman–Crippen MR) is 63.4 cm³/mol. The van der Waals surface area contributed by atoms with Crippen molar-refractivity contribution < 1.29 is 14.9 Å². The van der Waals surface area contributed by atoms with E-state index in [1.165, 1.54) is 5.56 Å². The first kappa shape index (κ1) is 11.6. The number of nitrogens with one attached hydrogen (secondary N) is 2. The van der Waals surface area contributed by atoms with E-state index in [1.54, 1.807) is 6.92 Å². The quantitative estimate of drug-likeness (QED) is 0.691. The average Bonchev–Trinajstić information content (AvgIpc) is 2.50. The minimum Gasteiger partial charge on any atom is -0.546 e. The summed E-state index contributed by atoms with van der Waals surface area (Å²) in [5.74, 6) is -0.233. The molecule has 1 aromatic rings.